The number of imidazole rings is 1. The van der Waals surface area contributed by atoms with Crippen molar-refractivity contribution in [2.24, 2.45) is 0 Å². The normalized spacial score (nSPS) is 11.1. The number of ether oxygens (including phenoxy) is 1. The van der Waals surface area contributed by atoms with Crippen molar-refractivity contribution in [3.8, 4) is 5.75 Å². The first-order valence-electron chi connectivity index (χ1n) is 9.87. The van der Waals surface area contributed by atoms with Gasteiger partial charge in [0, 0.05) is 31.2 Å². The van der Waals surface area contributed by atoms with E-state index in [0.29, 0.717) is 6.61 Å². The number of aryl methyl sites for hydroxylation is 3. The SMILES string of the molecule is Cc1cc(CNCc2cn3c(C)cccc3n2)cc(C)c1OCc1ccccn1. The molecule has 0 radical (unpaired) electrons. The zero-order valence-corrected chi connectivity index (χ0v) is 17.1. The van der Waals surface area contributed by atoms with E-state index in [1.807, 2.05) is 30.3 Å². The van der Waals surface area contributed by atoms with Crippen LogP contribution in [0.25, 0.3) is 5.65 Å². The molecule has 0 saturated carbocycles. The van der Waals surface area contributed by atoms with Gasteiger partial charge >= 0.3 is 0 Å². The molecule has 5 nitrogen and oxygen atoms in total. The maximum Gasteiger partial charge on any atom is 0.137 e. The minimum absolute atomic E-state index is 0.480. The fourth-order valence-electron chi connectivity index (χ4n) is 3.62. The molecule has 1 aromatic carbocycles. The van der Waals surface area contributed by atoms with Crippen molar-refractivity contribution < 1.29 is 4.74 Å². The van der Waals surface area contributed by atoms with Crippen molar-refractivity contribution in [3.05, 3.63) is 94.7 Å². The molecule has 5 heteroatoms. The molecule has 3 heterocycles. The number of hydrogen-bond donors (Lipinski definition) is 1. The molecule has 3 aromatic heterocycles. The van der Waals surface area contributed by atoms with Gasteiger partial charge in [-0.05, 0) is 61.7 Å². The van der Waals surface area contributed by atoms with Gasteiger partial charge in [-0.2, -0.15) is 0 Å². The van der Waals surface area contributed by atoms with E-state index >= 15 is 0 Å². The Morgan fingerprint density at radius 1 is 0.931 bits per heavy atom. The molecule has 148 valence electrons. The Hall–Kier alpha value is -3.18. The summed E-state index contributed by atoms with van der Waals surface area (Å²) in [5, 5.41) is 3.50. The smallest absolute Gasteiger partial charge is 0.137 e. The third-order valence-electron chi connectivity index (χ3n) is 4.99. The van der Waals surface area contributed by atoms with Gasteiger partial charge in [0.05, 0.1) is 11.4 Å². The van der Waals surface area contributed by atoms with E-state index in [1.54, 1.807) is 6.20 Å². The van der Waals surface area contributed by atoms with Crippen LogP contribution < -0.4 is 10.1 Å². The number of pyridine rings is 2. The highest BCUT2D eigenvalue weighted by Gasteiger charge is 2.08. The van der Waals surface area contributed by atoms with E-state index in [9.17, 15) is 0 Å². The van der Waals surface area contributed by atoms with Crippen LogP contribution in [0.5, 0.6) is 5.75 Å². The molecule has 0 bridgehead atoms. The Labute approximate surface area is 171 Å². The van der Waals surface area contributed by atoms with Crippen LogP contribution in [-0.4, -0.2) is 14.4 Å². The van der Waals surface area contributed by atoms with Gasteiger partial charge in [-0.25, -0.2) is 4.98 Å². The van der Waals surface area contributed by atoms with Crippen LogP contribution in [0, 0.1) is 20.8 Å². The number of fused-ring (bicyclic) bond motifs is 1. The van der Waals surface area contributed by atoms with Gasteiger partial charge in [-0.3, -0.25) is 4.98 Å². The lowest BCUT2D eigenvalue weighted by atomic mass is 10.1. The first-order valence-corrected chi connectivity index (χ1v) is 9.87. The average molecular weight is 386 g/mol. The van der Waals surface area contributed by atoms with E-state index < -0.39 is 0 Å². The lowest BCUT2D eigenvalue weighted by Gasteiger charge is -2.14. The predicted molar refractivity (Wildman–Crippen MR) is 115 cm³/mol. The van der Waals surface area contributed by atoms with Crippen molar-refractivity contribution in [2.45, 2.75) is 40.5 Å². The van der Waals surface area contributed by atoms with Gasteiger partial charge in [-0.15, -0.1) is 0 Å². The van der Waals surface area contributed by atoms with Gasteiger partial charge in [0.25, 0.3) is 0 Å². The second kappa shape index (κ2) is 8.45. The molecule has 29 heavy (non-hydrogen) atoms. The highest BCUT2D eigenvalue weighted by atomic mass is 16.5. The first kappa shape index (κ1) is 19.2. The molecule has 0 unspecified atom stereocenters. The van der Waals surface area contributed by atoms with Gasteiger partial charge in [-0.1, -0.05) is 24.3 Å². The summed E-state index contributed by atoms with van der Waals surface area (Å²) in [6.45, 7) is 8.28. The van der Waals surface area contributed by atoms with Gasteiger partial charge in [0.1, 0.15) is 18.0 Å². The Morgan fingerprint density at radius 2 is 1.76 bits per heavy atom. The van der Waals surface area contributed by atoms with E-state index in [1.165, 1.54) is 11.3 Å². The molecule has 0 fully saturated rings. The average Bonchev–Trinajstić information content (AvgIpc) is 3.13. The summed E-state index contributed by atoms with van der Waals surface area (Å²) < 4.78 is 8.16. The zero-order chi connectivity index (χ0) is 20.2. The molecule has 0 spiro atoms. The van der Waals surface area contributed by atoms with E-state index in [-0.39, 0.29) is 0 Å². The third-order valence-corrected chi connectivity index (χ3v) is 4.99. The second-order valence-electron chi connectivity index (χ2n) is 7.40. The van der Waals surface area contributed by atoms with E-state index in [4.69, 9.17) is 4.74 Å². The maximum atomic E-state index is 6.03. The number of rotatable bonds is 7. The topological polar surface area (TPSA) is 51.5 Å². The molecule has 0 atom stereocenters. The number of aromatic nitrogens is 3. The minimum Gasteiger partial charge on any atom is -0.487 e. The summed E-state index contributed by atoms with van der Waals surface area (Å²) in [6.07, 6.45) is 3.89. The number of nitrogens with zero attached hydrogens (tertiary/aromatic N) is 3. The molecule has 4 aromatic rings. The summed E-state index contributed by atoms with van der Waals surface area (Å²) in [4.78, 5) is 9.00. The van der Waals surface area contributed by atoms with E-state index in [2.05, 4.69) is 64.9 Å². The third kappa shape index (κ3) is 4.46. The molecule has 1 N–H and O–H groups in total. The minimum atomic E-state index is 0.480. The summed E-state index contributed by atoms with van der Waals surface area (Å²) in [5.41, 5.74) is 7.67. The molecule has 0 aliphatic rings. The summed E-state index contributed by atoms with van der Waals surface area (Å²) in [6, 6.07) is 16.4. The highest BCUT2D eigenvalue weighted by molar-refractivity contribution is 5.44. The fourth-order valence-corrected chi connectivity index (χ4v) is 3.62. The van der Waals surface area contributed by atoms with Crippen LogP contribution in [0.3, 0.4) is 0 Å². The molecular formula is C24H26N4O. The first-order chi connectivity index (χ1) is 14.1. The Bertz CT molecular complexity index is 1100. The Kier molecular flexibility index (Phi) is 5.58. The van der Waals surface area contributed by atoms with Crippen LogP contribution in [0.2, 0.25) is 0 Å². The summed E-state index contributed by atoms with van der Waals surface area (Å²) in [5.74, 6) is 0.940. The van der Waals surface area contributed by atoms with Crippen LogP contribution >= 0.6 is 0 Å². The summed E-state index contributed by atoms with van der Waals surface area (Å²) >= 11 is 0. The van der Waals surface area contributed by atoms with Crippen LogP contribution in [0.4, 0.5) is 0 Å². The van der Waals surface area contributed by atoms with Gasteiger partial charge < -0.3 is 14.5 Å². The Morgan fingerprint density at radius 3 is 2.48 bits per heavy atom. The molecule has 0 aliphatic heterocycles. The highest BCUT2D eigenvalue weighted by Crippen LogP contribution is 2.25. The van der Waals surface area contributed by atoms with Crippen LogP contribution in [-0.2, 0) is 19.7 Å². The predicted octanol–water partition coefficient (Wildman–Crippen LogP) is 4.52. The maximum absolute atomic E-state index is 6.03. The molecular weight excluding hydrogens is 360 g/mol. The van der Waals surface area contributed by atoms with Crippen molar-refractivity contribution in [1.82, 2.24) is 19.7 Å². The van der Waals surface area contributed by atoms with Crippen LogP contribution in [0.15, 0.2) is 60.9 Å². The van der Waals surface area contributed by atoms with Crippen molar-refractivity contribution in [2.75, 3.05) is 0 Å². The monoisotopic (exact) mass is 386 g/mol. The largest absolute Gasteiger partial charge is 0.487 e. The zero-order valence-electron chi connectivity index (χ0n) is 17.1. The van der Waals surface area contributed by atoms with Gasteiger partial charge in [0.15, 0.2) is 0 Å². The van der Waals surface area contributed by atoms with Crippen molar-refractivity contribution in [1.29, 1.82) is 0 Å². The lowest BCUT2D eigenvalue weighted by Crippen LogP contribution is -2.13. The van der Waals surface area contributed by atoms with E-state index in [0.717, 1.165) is 47.0 Å². The van der Waals surface area contributed by atoms with Gasteiger partial charge in [0.2, 0.25) is 0 Å². The molecule has 0 saturated heterocycles. The lowest BCUT2D eigenvalue weighted by molar-refractivity contribution is 0.297. The summed E-state index contributed by atoms with van der Waals surface area (Å²) in [7, 11) is 0. The Balaban J connectivity index is 1.38. The quantitative estimate of drug-likeness (QED) is 0.507. The number of benzene rings is 1. The molecule has 4 rings (SSSR count). The molecule has 0 amide bonds. The van der Waals surface area contributed by atoms with Crippen LogP contribution in [0.1, 0.15) is 33.8 Å². The molecule has 0 aliphatic carbocycles. The van der Waals surface area contributed by atoms with Crippen molar-refractivity contribution >= 4 is 5.65 Å². The van der Waals surface area contributed by atoms with Crippen molar-refractivity contribution in [3.63, 3.8) is 0 Å². The number of hydrogen-bond acceptors (Lipinski definition) is 4. The standard InChI is InChI=1S/C24H26N4O/c1-17-11-20(12-18(2)24(17)29-16-21-8-4-5-10-26-21)13-25-14-22-15-28-19(3)7-6-9-23(28)27-22/h4-12,15,25H,13-14,16H2,1-3H3. The fraction of sp³-hybridized carbons (Fsp3) is 0.250. The second-order valence-corrected chi connectivity index (χ2v) is 7.40. The number of nitrogens with one attached hydrogen (secondary N) is 1.